The first-order chi connectivity index (χ1) is 15.1. The number of rotatable bonds is 4. The van der Waals surface area contributed by atoms with Crippen LogP contribution in [0.15, 0.2) is 60.1 Å². The Labute approximate surface area is 188 Å². The Morgan fingerprint density at radius 1 is 1.03 bits per heavy atom. The van der Waals surface area contributed by atoms with E-state index in [0.29, 0.717) is 19.5 Å². The van der Waals surface area contributed by atoms with Crippen LogP contribution < -0.4 is 4.90 Å². The van der Waals surface area contributed by atoms with Crippen molar-refractivity contribution in [3.63, 3.8) is 0 Å². The van der Waals surface area contributed by atoms with Gasteiger partial charge in [-0.1, -0.05) is 11.6 Å². The largest absolute Gasteiger partial charge is 0.368 e. The zero-order valence-corrected chi connectivity index (χ0v) is 18.2. The van der Waals surface area contributed by atoms with Crippen LogP contribution in [0.3, 0.4) is 0 Å². The highest BCUT2D eigenvalue weighted by atomic mass is 35.5. The summed E-state index contributed by atoms with van der Waals surface area (Å²) in [4.78, 5) is 22.6. The lowest BCUT2D eigenvalue weighted by Gasteiger charge is -2.36. The fourth-order valence-corrected chi connectivity index (χ4v) is 4.85. The van der Waals surface area contributed by atoms with Gasteiger partial charge in [-0.15, -0.1) is 11.3 Å². The van der Waals surface area contributed by atoms with E-state index in [4.69, 9.17) is 11.6 Å². The minimum atomic E-state index is -0.271. The second kappa shape index (κ2) is 8.32. The molecule has 0 unspecified atom stereocenters. The molecule has 2 aromatic heterocycles. The standard InChI is InChI=1S/C23H20ClFN4OS/c24-17-3-7-19(8-4-17)27-9-11-28(12-10-27)22(30)13-20-15-31-23-26-21(14-29(20)23)16-1-5-18(25)6-2-16/h1-8,14-15H,9-13H2. The zero-order chi connectivity index (χ0) is 21.4. The van der Waals surface area contributed by atoms with Crippen LogP contribution in [0, 0.1) is 5.82 Å². The molecule has 4 aromatic rings. The monoisotopic (exact) mass is 454 g/mol. The Morgan fingerprint density at radius 2 is 1.74 bits per heavy atom. The van der Waals surface area contributed by atoms with Crippen LogP contribution >= 0.6 is 22.9 Å². The fraction of sp³-hybridized carbons (Fsp3) is 0.217. The lowest BCUT2D eigenvalue weighted by atomic mass is 10.2. The van der Waals surface area contributed by atoms with Crippen molar-refractivity contribution in [2.75, 3.05) is 31.1 Å². The maximum atomic E-state index is 13.2. The van der Waals surface area contributed by atoms with E-state index in [-0.39, 0.29) is 11.7 Å². The average molecular weight is 455 g/mol. The molecule has 2 aromatic carbocycles. The number of carbonyl (C=O) groups excluding carboxylic acids is 1. The van der Waals surface area contributed by atoms with Crippen LogP contribution in [0.25, 0.3) is 16.2 Å². The first kappa shape index (κ1) is 20.0. The van der Waals surface area contributed by atoms with E-state index >= 15 is 0 Å². The molecule has 0 spiro atoms. The molecule has 0 N–H and O–H groups in total. The van der Waals surface area contributed by atoms with Gasteiger partial charge in [-0.3, -0.25) is 9.20 Å². The van der Waals surface area contributed by atoms with Gasteiger partial charge in [0.2, 0.25) is 5.91 Å². The Hall–Kier alpha value is -2.90. The summed E-state index contributed by atoms with van der Waals surface area (Å²) in [7, 11) is 0. The molecule has 1 saturated heterocycles. The molecule has 1 aliphatic rings. The number of thiazole rings is 1. The molecule has 31 heavy (non-hydrogen) atoms. The summed E-state index contributed by atoms with van der Waals surface area (Å²) in [5.74, 6) is -0.153. The number of benzene rings is 2. The lowest BCUT2D eigenvalue weighted by Crippen LogP contribution is -2.49. The molecule has 1 aliphatic heterocycles. The van der Waals surface area contributed by atoms with Crippen molar-refractivity contribution in [3.8, 4) is 11.3 Å². The van der Waals surface area contributed by atoms with E-state index in [1.165, 1.54) is 23.5 Å². The maximum absolute atomic E-state index is 13.2. The third-order valence-electron chi connectivity index (χ3n) is 5.58. The quantitative estimate of drug-likeness (QED) is 0.447. The van der Waals surface area contributed by atoms with E-state index in [1.54, 1.807) is 12.1 Å². The predicted octanol–water partition coefficient (Wildman–Crippen LogP) is 4.75. The van der Waals surface area contributed by atoms with E-state index in [0.717, 1.165) is 45.7 Å². The van der Waals surface area contributed by atoms with E-state index in [9.17, 15) is 9.18 Å². The minimum Gasteiger partial charge on any atom is -0.368 e. The van der Waals surface area contributed by atoms with Gasteiger partial charge in [-0.2, -0.15) is 0 Å². The number of nitrogens with zero attached hydrogens (tertiary/aromatic N) is 4. The number of carbonyl (C=O) groups is 1. The van der Waals surface area contributed by atoms with E-state index < -0.39 is 0 Å². The van der Waals surface area contributed by atoms with E-state index in [2.05, 4.69) is 9.88 Å². The highest BCUT2D eigenvalue weighted by molar-refractivity contribution is 7.15. The number of piperazine rings is 1. The number of fused-ring (bicyclic) bond motifs is 1. The SMILES string of the molecule is O=C(Cc1csc2nc(-c3ccc(F)cc3)cn12)N1CCN(c2ccc(Cl)cc2)CC1. The van der Waals surface area contributed by atoms with Crippen molar-refractivity contribution in [1.29, 1.82) is 0 Å². The highest BCUT2D eigenvalue weighted by Crippen LogP contribution is 2.25. The fourth-order valence-electron chi connectivity index (χ4n) is 3.85. The summed E-state index contributed by atoms with van der Waals surface area (Å²) >= 11 is 7.48. The molecule has 0 aliphatic carbocycles. The van der Waals surface area contributed by atoms with Gasteiger partial charge in [-0.25, -0.2) is 9.37 Å². The molecule has 0 radical (unpaired) electrons. The van der Waals surface area contributed by atoms with Crippen LogP contribution in [0.4, 0.5) is 10.1 Å². The number of imidazole rings is 1. The maximum Gasteiger partial charge on any atom is 0.228 e. The number of hydrogen-bond donors (Lipinski definition) is 0. The van der Waals surface area contributed by atoms with Gasteiger partial charge < -0.3 is 9.80 Å². The highest BCUT2D eigenvalue weighted by Gasteiger charge is 2.22. The van der Waals surface area contributed by atoms with Crippen molar-refractivity contribution in [2.24, 2.45) is 0 Å². The first-order valence-corrected chi connectivity index (χ1v) is 11.3. The first-order valence-electron chi connectivity index (χ1n) is 10.1. The minimum absolute atomic E-state index is 0.118. The predicted molar refractivity (Wildman–Crippen MR) is 122 cm³/mol. The smallest absolute Gasteiger partial charge is 0.228 e. The summed E-state index contributed by atoms with van der Waals surface area (Å²) in [6.07, 6.45) is 2.25. The number of amides is 1. The summed E-state index contributed by atoms with van der Waals surface area (Å²) < 4.78 is 15.2. The second-order valence-corrected chi connectivity index (χ2v) is 8.81. The summed E-state index contributed by atoms with van der Waals surface area (Å²) in [5.41, 5.74) is 3.68. The zero-order valence-electron chi connectivity index (χ0n) is 16.7. The van der Waals surface area contributed by atoms with Gasteiger partial charge >= 0.3 is 0 Å². The van der Waals surface area contributed by atoms with Crippen LogP contribution in [-0.2, 0) is 11.2 Å². The van der Waals surface area contributed by atoms with Gasteiger partial charge in [0.05, 0.1) is 12.1 Å². The van der Waals surface area contributed by atoms with Crippen LogP contribution in [0.1, 0.15) is 5.69 Å². The summed E-state index contributed by atoms with van der Waals surface area (Å²) in [6.45, 7) is 2.98. The summed E-state index contributed by atoms with van der Waals surface area (Å²) in [5, 5.41) is 2.71. The molecule has 5 rings (SSSR count). The van der Waals surface area contributed by atoms with Crippen LogP contribution in [-0.4, -0.2) is 46.4 Å². The van der Waals surface area contributed by atoms with E-state index in [1.807, 2.05) is 45.1 Å². The molecule has 8 heteroatoms. The van der Waals surface area contributed by atoms with Crippen molar-refractivity contribution in [2.45, 2.75) is 6.42 Å². The molecular formula is C23H20ClFN4OS. The van der Waals surface area contributed by atoms with Gasteiger partial charge in [0.1, 0.15) is 5.82 Å². The molecule has 3 heterocycles. The Morgan fingerprint density at radius 3 is 2.45 bits per heavy atom. The van der Waals surface area contributed by atoms with Crippen LogP contribution in [0.2, 0.25) is 5.02 Å². The van der Waals surface area contributed by atoms with Crippen molar-refractivity contribution in [3.05, 3.63) is 76.6 Å². The topological polar surface area (TPSA) is 40.9 Å². The Balaban J connectivity index is 1.25. The number of anilines is 1. The number of halogens is 2. The van der Waals surface area contributed by atoms with Crippen LogP contribution in [0.5, 0.6) is 0 Å². The second-order valence-electron chi connectivity index (χ2n) is 7.53. The molecule has 1 fully saturated rings. The van der Waals surface area contributed by atoms with Gasteiger partial charge in [-0.05, 0) is 48.5 Å². The third kappa shape index (κ3) is 4.16. The number of hydrogen-bond acceptors (Lipinski definition) is 4. The van der Waals surface area contributed by atoms with Crippen molar-refractivity contribution in [1.82, 2.24) is 14.3 Å². The summed E-state index contributed by atoms with van der Waals surface area (Å²) in [6, 6.07) is 14.1. The van der Waals surface area contributed by atoms with Gasteiger partial charge in [0.15, 0.2) is 4.96 Å². The number of aromatic nitrogens is 2. The third-order valence-corrected chi connectivity index (χ3v) is 6.72. The molecule has 158 valence electrons. The molecule has 1 amide bonds. The van der Waals surface area contributed by atoms with Gasteiger partial charge in [0.25, 0.3) is 0 Å². The van der Waals surface area contributed by atoms with Gasteiger partial charge in [0, 0.05) is 59.7 Å². The molecule has 0 saturated carbocycles. The average Bonchev–Trinajstić information content (AvgIpc) is 3.37. The van der Waals surface area contributed by atoms with Crippen molar-refractivity contribution >= 4 is 39.5 Å². The molecule has 0 atom stereocenters. The normalized spacial score (nSPS) is 14.4. The molecule has 0 bridgehead atoms. The Kier molecular flexibility index (Phi) is 5.38. The molecular weight excluding hydrogens is 435 g/mol. The van der Waals surface area contributed by atoms with Crippen molar-refractivity contribution < 1.29 is 9.18 Å². The Bertz CT molecular complexity index is 1210. The lowest BCUT2D eigenvalue weighted by molar-refractivity contribution is -0.130. The molecule has 5 nitrogen and oxygen atoms in total.